The predicted molar refractivity (Wildman–Crippen MR) is 98.1 cm³/mol. The van der Waals surface area contributed by atoms with E-state index in [0.29, 0.717) is 23.1 Å². The third-order valence-electron chi connectivity index (χ3n) is 4.90. The van der Waals surface area contributed by atoms with Gasteiger partial charge in [-0.1, -0.05) is 32.1 Å². The van der Waals surface area contributed by atoms with Gasteiger partial charge in [0.25, 0.3) is 5.91 Å². The van der Waals surface area contributed by atoms with Crippen molar-refractivity contribution in [1.82, 2.24) is 0 Å². The van der Waals surface area contributed by atoms with E-state index in [9.17, 15) is 4.79 Å². The summed E-state index contributed by atoms with van der Waals surface area (Å²) < 4.78 is 15.9. The first-order valence-electron chi connectivity index (χ1n) is 8.90. The Kier molecular flexibility index (Phi) is 7.52. The lowest BCUT2D eigenvalue weighted by Crippen LogP contribution is -2.46. The third-order valence-corrected chi connectivity index (χ3v) is 4.90. The standard InChI is InChI=1S/C19H30N2O4/c1-23-14-9-10-17(24-2)16(12-14)21-19(22)18(25-3)15(20)11-13-7-5-4-6-8-13/h9-10,12-13,15,18H,4-8,11,20H2,1-3H3,(H,21,22)/t15-,18?/m1/s1. The number of nitrogens with two attached hydrogens (primary N) is 1. The maximum absolute atomic E-state index is 12.7. The highest BCUT2D eigenvalue weighted by Crippen LogP contribution is 2.30. The van der Waals surface area contributed by atoms with Gasteiger partial charge in [-0.2, -0.15) is 0 Å². The van der Waals surface area contributed by atoms with Crippen LogP contribution >= 0.6 is 0 Å². The van der Waals surface area contributed by atoms with Crippen molar-refractivity contribution in [2.45, 2.75) is 50.7 Å². The second kappa shape index (κ2) is 9.63. The molecule has 6 heteroatoms. The van der Waals surface area contributed by atoms with Gasteiger partial charge in [-0.25, -0.2) is 0 Å². The minimum Gasteiger partial charge on any atom is -0.497 e. The molecule has 1 unspecified atom stereocenters. The molecule has 25 heavy (non-hydrogen) atoms. The zero-order chi connectivity index (χ0) is 18.2. The molecule has 1 aromatic rings. The van der Waals surface area contributed by atoms with Crippen molar-refractivity contribution in [2.75, 3.05) is 26.6 Å². The monoisotopic (exact) mass is 350 g/mol. The number of rotatable bonds is 8. The number of amides is 1. The van der Waals surface area contributed by atoms with E-state index < -0.39 is 6.10 Å². The third kappa shape index (κ3) is 5.34. The second-order valence-corrected chi connectivity index (χ2v) is 6.62. The molecule has 1 aromatic carbocycles. The first kappa shape index (κ1) is 19.5. The Balaban J connectivity index is 2.03. The zero-order valence-electron chi connectivity index (χ0n) is 15.4. The maximum Gasteiger partial charge on any atom is 0.255 e. The SMILES string of the molecule is COc1ccc(OC)c(NC(=O)C(OC)[C@H](N)CC2CCCCC2)c1. The molecule has 3 N–H and O–H groups in total. The fourth-order valence-electron chi connectivity index (χ4n) is 3.52. The molecule has 0 aliphatic heterocycles. The molecular weight excluding hydrogens is 320 g/mol. The summed E-state index contributed by atoms with van der Waals surface area (Å²) in [6.07, 6.45) is 6.30. The maximum atomic E-state index is 12.7. The van der Waals surface area contributed by atoms with Crippen LogP contribution in [-0.4, -0.2) is 39.4 Å². The van der Waals surface area contributed by atoms with Crippen molar-refractivity contribution in [3.8, 4) is 11.5 Å². The Morgan fingerprint density at radius 3 is 2.52 bits per heavy atom. The van der Waals surface area contributed by atoms with E-state index in [0.717, 1.165) is 6.42 Å². The van der Waals surface area contributed by atoms with Crippen LogP contribution in [0.25, 0.3) is 0 Å². The van der Waals surface area contributed by atoms with Crippen LogP contribution in [0.2, 0.25) is 0 Å². The number of methoxy groups -OCH3 is 3. The molecule has 1 saturated carbocycles. The molecule has 1 fully saturated rings. The van der Waals surface area contributed by atoms with Crippen LogP contribution in [-0.2, 0) is 9.53 Å². The fourth-order valence-corrected chi connectivity index (χ4v) is 3.52. The van der Waals surface area contributed by atoms with Gasteiger partial charge in [0, 0.05) is 19.2 Å². The summed E-state index contributed by atoms with van der Waals surface area (Å²) in [5.41, 5.74) is 6.84. The van der Waals surface area contributed by atoms with Gasteiger partial charge >= 0.3 is 0 Å². The molecule has 0 bridgehead atoms. The highest BCUT2D eigenvalue weighted by Gasteiger charge is 2.29. The molecule has 0 radical (unpaired) electrons. The van der Waals surface area contributed by atoms with Crippen LogP contribution in [0, 0.1) is 5.92 Å². The van der Waals surface area contributed by atoms with E-state index in [-0.39, 0.29) is 11.9 Å². The van der Waals surface area contributed by atoms with E-state index in [2.05, 4.69) is 5.32 Å². The van der Waals surface area contributed by atoms with Gasteiger partial charge < -0.3 is 25.3 Å². The minimum absolute atomic E-state index is 0.266. The molecule has 1 amide bonds. The van der Waals surface area contributed by atoms with Gasteiger partial charge in [-0.3, -0.25) is 4.79 Å². The Labute approximate surface area is 150 Å². The number of nitrogens with one attached hydrogen (secondary N) is 1. The van der Waals surface area contributed by atoms with E-state index in [1.54, 1.807) is 32.4 Å². The Bertz CT molecular complexity index is 558. The van der Waals surface area contributed by atoms with Gasteiger partial charge in [0.15, 0.2) is 6.10 Å². The van der Waals surface area contributed by atoms with E-state index in [4.69, 9.17) is 19.9 Å². The van der Waals surface area contributed by atoms with Crippen LogP contribution in [0.4, 0.5) is 5.69 Å². The molecular formula is C19H30N2O4. The van der Waals surface area contributed by atoms with Crippen molar-refractivity contribution in [1.29, 1.82) is 0 Å². The molecule has 6 nitrogen and oxygen atoms in total. The second-order valence-electron chi connectivity index (χ2n) is 6.62. The lowest BCUT2D eigenvalue weighted by atomic mass is 9.84. The average Bonchev–Trinajstić information content (AvgIpc) is 2.63. The van der Waals surface area contributed by atoms with Gasteiger partial charge in [0.05, 0.1) is 19.9 Å². The number of hydrogen-bond acceptors (Lipinski definition) is 5. The fraction of sp³-hybridized carbons (Fsp3) is 0.632. The van der Waals surface area contributed by atoms with Crippen molar-refractivity contribution < 1.29 is 19.0 Å². The van der Waals surface area contributed by atoms with Gasteiger partial charge in [0.2, 0.25) is 0 Å². The highest BCUT2D eigenvalue weighted by atomic mass is 16.5. The Morgan fingerprint density at radius 1 is 1.20 bits per heavy atom. The number of anilines is 1. The summed E-state index contributed by atoms with van der Waals surface area (Å²) in [4.78, 5) is 12.7. The van der Waals surface area contributed by atoms with Gasteiger partial charge in [-0.05, 0) is 24.5 Å². The zero-order valence-corrected chi connectivity index (χ0v) is 15.4. The summed E-state index contributed by atoms with van der Waals surface area (Å²) in [6, 6.07) is 4.91. The van der Waals surface area contributed by atoms with Crippen LogP contribution < -0.4 is 20.5 Å². The van der Waals surface area contributed by atoms with Crippen molar-refractivity contribution in [3.63, 3.8) is 0 Å². The van der Waals surface area contributed by atoms with E-state index >= 15 is 0 Å². The van der Waals surface area contributed by atoms with Crippen molar-refractivity contribution >= 4 is 11.6 Å². The molecule has 140 valence electrons. The molecule has 2 rings (SSSR count). The molecule has 1 aliphatic rings. The number of carbonyl (C=O) groups is 1. The number of ether oxygens (including phenoxy) is 3. The first-order chi connectivity index (χ1) is 12.1. The average molecular weight is 350 g/mol. The van der Waals surface area contributed by atoms with Crippen LogP contribution in [0.1, 0.15) is 38.5 Å². The largest absolute Gasteiger partial charge is 0.497 e. The van der Waals surface area contributed by atoms with Crippen LogP contribution in [0.5, 0.6) is 11.5 Å². The molecule has 2 atom stereocenters. The summed E-state index contributed by atoms with van der Waals surface area (Å²) in [5.74, 6) is 1.51. The van der Waals surface area contributed by atoms with E-state index in [1.807, 2.05) is 0 Å². The first-order valence-corrected chi connectivity index (χ1v) is 8.90. The van der Waals surface area contributed by atoms with Crippen LogP contribution in [0.3, 0.4) is 0 Å². The lowest BCUT2D eigenvalue weighted by molar-refractivity contribution is -0.127. The molecule has 0 spiro atoms. The molecule has 0 heterocycles. The van der Waals surface area contributed by atoms with Gasteiger partial charge in [-0.15, -0.1) is 0 Å². The smallest absolute Gasteiger partial charge is 0.255 e. The normalized spacial score (nSPS) is 17.6. The van der Waals surface area contributed by atoms with E-state index in [1.165, 1.54) is 39.2 Å². The summed E-state index contributed by atoms with van der Waals surface area (Å²) >= 11 is 0. The summed E-state index contributed by atoms with van der Waals surface area (Å²) in [6.45, 7) is 0. The summed E-state index contributed by atoms with van der Waals surface area (Å²) in [5, 5.41) is 2.86. The van der Waals surface area contributed by atoms with Crippen LogP contribution in [0.15, 0.2) is 18.2 Å². The predicted octanol–water partition coefficient (Wildman–Crippen LogP) is 2.96. The minimum atomic E-state index is -0.696. The Morgan fingerprint density at radius 2 is 1.92 bits per heavy atom. The highest BCUT2D eigenvalue weighted by molar-refractivity contribution is 5.96. The molecule has 0 saturated heterocycles. The number of carbonyl (C=O) groups excluding carboxylic acids is 1. The lowest BCUT2D eigenvalue weighted by Gasteiger charge is -2.28. The molecule has 1 aliphatic carbocycles. The number of benzene rings is 1. The Hall–Kier alpha value is -1.79. The summed E-state index contributed by atoms with van der Waals surface area (Å²) in [7, 11) is 4.65. The quantitative estimate of drug-likeness (QED) is 0.753. The van der Waals surface area contributed by atoms with Crippen molar-refractivity contribution in [3.05, 3.63) is 18.2 Å². The number of hydrogen-bond donors (Lipinski definition) is 2. The van der Waals surface area contributed by atoms with Gasteiger partial charge in [0.1, 0.15) is 11.5 Å². The topological polar surface area (TPSA) is 82.8 Å². The van der Waals surface area contributed by atoms with Crippen molar-refractivity contribution in [2.24, 2.45) is 11.7 Å². The molecule has 0 aromatic heterocycles.